The normalized spacial score (nSPS) is 19.2. The van der Waals surface area contributed by atoms with Crippen molar-refractivity contribution in [2.24, 2.45) is 11.7 Å². The lowest BCUT2D eigenvalue weighted by Gasteiger charge is -2.42. The SMILES string of the molecule is CONC(=O)N(CC1CCCCC1)C1CCN([C@H](C)CCc2nccc(C)c2C(N)=O)CC1. The maximum absolute atomic E-state index is 12.7. The Morgan fingerprint density at radius 1 is 1.24 bits per heavy atom. The monoisotopic (exact) mass is 459 g/mol. The minimum atomic E-state index is -0.406. The molecule has 0 aromatic carbocycles. The maximum atomic E-state index is 12.7. The first-order chi connectivity index (χ1) is 15.9. The van der Waals surface area contributed by atoms with Crippen LogP contribution in [0.1, 0.15) is 79.9 Å². The highest BCUT2D eigenvalue weighted by molar-refractivity contribution is 5.95. The number of carbonyl (C=O) groups is 2. The fraction of sp³-hybridized carbons (Fsp3) is 0.720. The average molecular weight is 460 g/mol. The van der Waals surface area contributed by atoms with Crippen LogP contribution in [-0.4, -0.2) is 65.5 Å². The largest absolute Gasteiger partial charge is 0.366 e. The predicted octanol–water partition coefficient (Wildman–Crippen LogP) is 3.43. The van der Waals surface area contributed by atoms with Gasteiger partial charge in [0.25, 0.3) is 5.91 Å². The van der Waals surface area contributed by atoms with E-state index in [9.17, 15) is 9.59 Å². The topological polar surface area (TPSA) is 101 Å². The zero-order valence-electron chi connectivity index (χ0n) is 20.5. The molecule has 8 nitrogen and oxygen atoms in total. The van der Waals surface area contributed by atoms with Crippen LogP contribution in [0.25, 0.3) is 0 Å². The molecule has 3 amide bonds. The van der Waals surface area contributed by atoms with Crippen LogP contribution in [0.4, 0.5) is 4.79 Å². The van der Waals surface area contributed by atoms with E-state index in [0.29, 0.717) is 17.5 Å². The lowest BCUT2D eigenvalue weighted by atomic mass is 9.88. The number of aryl methyl sites for hydroxylation is 2. The first-order valence-electron chi connectivity index (χ1n) is 12.5. The number of nitrogens with one attached hydrogen (secondary N) is 1. The third-order valence-electron chi connectivity index (χ3n) is 7.48. The molecule has 3 N–H and O–H groups in total. The van der Waals surface area contributed by atoms with E-state index in [-0.39, 0.29) is 12.1 Å². The van der Waals surface area contributed by atoms with E-state index >= 15 is 0 Å². The minimum absolute atomic E-state index is 0.112. The van der Waals surface area contributed by atoms with Crippen molar-refractivity contribution < 1.29 is 14.4 Å². The van der Waals surface area contributed by atoms with E-state index < -0.39 is 5.91 Å². The lowest BCUT2D eigenvalue weighted by Crippen LogP contribution is -2.53. The van der Waals surface area contributed by atoms with Crippen molar-refractivity contribution in [3.8, 4) is 0 Å². The maximum Gasteiger partial charge on any atom is 0.341 e. The highest BCUT2D eigenvalue weighted by Gasteiger charge is 2.31. The molecule has 1 saturated carbocycles. The number of amides is 3. The molecule has 184 valence electrons. The summed E-state index contributed by atoms with van der Waals surface area (Å²) >= 11 is 0. The van der Waals surface area contributed by atoms with Gasteiger partial charge in [-0.25, -0.2) is 10.3 Å². The number of carbonyl (C=O) groups excluding carboxylic acids is 2. The van der Waals surface area contributed by atoms with Crippen LogP contribution in [0, 0.1) is 12.8 Å². The number of hydrogen-bond acceptors (Lipinski definition) is 5. The molecule has 8 heteroatoms. The third kappa shape index (κ3) is 6.90. The zero-order valence-corrected chi connectivity index (χ0v) is 20.5. The summed E-state index contributed by atoms with van der Waals surface area (Å²) in [7, 11) is 1.49. The molecular formula is C25H41N5O3. The summed E-state index contributed by atoms with van der Waals surface area (Å²) in [4.78, 5) is 38.5. The van der Waals surface area contributed by atoms with Crippen LogP contribution in [0.2, 0.25) is 0 Å². The second-order valence-electron chi connectivity index (χ2n) is 9.74. The number of rotatable bonds is 9. The van der Waals surface area contributed by atoms with Gasteiger partial charge in [-0.3, -0.25) is 14.6 Å². The van der Waals surface area contributed by atoms with Gasteiger partial charge in [-0.1, -0.05) is 19.3 Å². The van der Waals surface area contributed by atoms with Crippen LogP contribution >= 0.6 is 0 Å². The zero-order chi connectivity index (χ0) is 23.8. The summed E-state index contributed by atoms with van der Waals surface area (Å²) < 4.78 is 0. The standard InChI is InChI=1S/C25H41N5O3/c1-18-11-14-27-22(23(18)24(26)31)10-9-19(2)29-15-12-21(13-16-29)30(25(32)28-33-3)17-20-7-5-4-6-8-20/h11,14,19-21H,4-10,12-13,15-17H2,1-3H3,(H2,26,31)(H,28,32)/t19-/m1/s1. The molecular weight excluding hydrogens is 418 g/mol. The van der Waals surface area contributed by atoms with Crippen molar-refractivity contribution in [3.05, 3.63) is 29.1 Å². The number of pyridine rings is 1. The van der Waals surface area contributed by atoms with Crippen molar-refractivity contribution in [2.45, 2.75) is 83.7 Å². The summed E-state index contributed by atoms with van der Waals surface area (Å²) in [6.07, 6.45) is 11.6. The molecule has 1 aromatic rings. The number of likely N-dealkylation sites (tertiary alicyclic amines) is 1. The van der Waals surface area contributed by atoms with Gasteiger partial charge in [-0.2, -0.15) is 0 Å². The third-order valence-corrected chi connectivity index (χ3v) is 7.48. The van der Waals surface area contributed by atoms with Gasteiger partial charge in [0.2, 0.25) is 0 Å². The molecule has 0 radical (unpaired) electrons. The number of aromatic nitrogens is 1. The molecule has 2 heterocycles. The molecule has 0 unspecified atom stereocenters. The Bertz CT molecular complexity index is 788. The van der Waals surface area contributed by atoms with E-state index in [2.05, 4.69) is 22.3 Å². The average Bonchev–Trinajstić information content (AvgIpc) is 2.81. The Labute approximate surface area is 198 Å². The molecule has 2 aliphatic rings. The van der Waals surface area contributed by atoms with E-state index in [0.717, 1.165) is 56.6 Å². The Balaban J connectivity index is 1.54. The van der Waals surface area contributed by atoms with E-state index in [1.807, 2.05) is 17.9 Å². The Hall–Kier alpha value is -2.19. The highest BCUT2D eigenvalue weighted by Crippen LogP contribution is 2.27. The quantitative estimate of drug-likeness (QED) is 0.551. The molecule has 2 fully saturated rings. The molecule has 0 bridgehead atoms. The fourth-order valence-electron chi connectivity index (χ4n) is 5.50. The van der Waals surface area contributed by atoms with Crippen LogP contribution in [0.3, 0.4) is 0 Å². The van der Waals surface area contributed by atoms with Crippen molar-refractivity contribution in [1.82, 2.24) is 20.3 Å². The Morgan fingerprint density at radius 2 is 1.94 bits per heavy atom. The van der Waals surface area contributed by atoms with Gasteiger partial charge in [0.05, 0.1) is 18.4 Å². The molecule has 1 aliphatic heterocycles. The fourth-order valence-corrected chi connectivity index (χ4v) is 5.50. The Kier molecular flexibility index (Phi) is 9.50. The number of hydrogen-bond donors (Lipinski definition) is 2. The number of primary amides is 1. The second kappa shape index (κ2) is 12.3. The summed E-state index contributed by atoms with van der Waals surface area (Å²) in [5, 5.41) is 0. The number of piperidine rings is 1. The molecule has 1 atom stereocenters. The molecule has 0 spiro atoms. The molecule has 33 heavy (non-hydrogen) atoms. The van der Waals surface area contributed by atoms with Gasteiger partial charge in [0.15, 0.2) is 0 Å². The lowest BCUT2D eigenvalue weighted by molar-refractivity contribution is 0.0512. The van der Waals surface area contributed by atoms with Crippen molar-refractivity contribution >= 4 is 11.9 Å². The van der Waals surface area contributed by atoms with E-state index in [4.69, 9.17) is 10.6 Å². The van der Waals surface area contributed by atoms with Crippen LogP contribution < -0.4 is 11.2 Å². The van der Waals surface area contributed by atoms with Crippen molar-refractivity contribution in [2.75, 3.05) is 26.7 Å². The summed E-state index contributed by atoms with van der Waals surface area (Å²) in [5.41, 5.74) is 10.4. The summed E-state index contributed by atoms with van der Waals surface area (Å²) in [5.74, 6) is 0.191. The van der Waals surface area contributed by atoms with Crippen LogP contribution in [-0.2, 0) is 11.3 Å². The molecule has 1 aliphatic carbocycles. The van der Waals surface area contributed by atoms with Crippen LogP contribution in [0.15, 0.2) is 12.3 Å². The van der Waals surface area contributed by atoms with Gasteiger partial charge in [-0.15, -0.1) is 0 Å². The summed E-state index contributed by atoms with van der Waals surface area (Å²) in [6, 6.07) is 2.33. The summed E-state index contributed by atoms with van der Waals surface area (Å²) in [6.45, 7) is 6.87. The van der Waals surface area contributed by atoms with Crippen molar-refractivity contribution in [3.63, 3.8) is 0 Å². The van der Waals surface area contributed by atoms with Crippen molar-refractivity contribution in [1.29, 1.82) is 0 Å². The second-order valence-corrected chi connectivity index (χ2v) is 9.74. The first kappa shape index (κ1) is 25.4. The molecule has 1 aromatic heterocycles. The van der Waals surface area contributed by atoms with Gasteiger partial charge < -0.3 is 15.5 Å². The number of nitrogens with two attached hydrogens (primary N) is 1. The van der Waals surface area contributed by atoms with Gasteiger partial charge in [-0.05, 0) is 69.9 Å². The van der Waals surface area contributed by atoms with E-state index in [1.165, 1.54) is 39.2 Å². The number of urea groups is 1. The molecule has 3 rings (SSSR count). The first-order valence-corrected chi connectivity index (χ1v) is 12.5. The number of hydroxylamine groups is 1. The van der Waals surface area contributed by atoms with Gasteiger partial charge in [0, 0.05) is 37.9 Å². The van der Waals surface area contributed by atoms with Gasteiger partial charge in [0.1, 0.15) is 0 Å². The minimum Gasteiger partial charge on any atom is -0.366 e. The van der Waals surface area contributed by atoms with Gasteiger partial charge >= 0.3 is 6.03 Å². The van der Waals surface area contributed by atoms with Crippen LogP contribution in [0.5, 0.6) is 0 Å². The predicted molar refractivity (Wildman–Crippen MR) is 129 cm³/mol. The van der Waals surface area contributed by atoms with E-state index in [1.54, 1.807) is 6.20 Å². The smallest absolute Gasteiger partial charge is 0.341 e. The Morgan fingerprint density at radius 3 is 2.58 bits per heavy atom. The highest BCUT2D eigenvalue weighted by atomic mass is 16.6. The number of nitrogens with zero attached hydrogens (tertiary/aromatic N) is 3. The molecule has 1 saturated heterocycles.